The highest BCUT2D eigenvalue weighted by Crippen LogP contribution is 2.29. The van der Waals surface area contributed by atoms with Crippen LogP contribution in [0.15, 0.2) is 18.2 Å². The molecule has 0 aromatic heterocycles. The zero-order chi connectivity index (χ0) is 14.7. The number of hydrogen-bond acceptors (Lipinski definition) is 3. The number of rotatable bonds is 5. The molecule has 1 aliphatic carbocycles. The van der Waals surface area contributed by atoms with E-state index in [4.69, 9.17) is 16.3 Å². The first-order chi connectivity index (χ1) is 10.2. The largest absolute Gasteiger partial charge is 0.480 e. The molecule has 1 aliphatic heterocycles. The van der Waals surface area contributed by atoms with E-state index in [2.05, 4.69) is 10.6 Å². The van der Waals surface area contributed by atoms with Crippen molar-refractivity contribution in [2.75, 3.05) is 6.54 Å². The maximum atomic E-state index is 12.0. The third-order valence-electron chi connectivity index (χ3n) is 3.97. The van der Waals surface area contributed by atoms with Gasteiger partial charge in [-0.2, -0.15) is 0 Å². The van der Waals surface area contributed by atoms with E-state index >= 15 is 0 Å². The topological polar surface area (TPSA) is 50.4 Å². The molecule has 1 unspecified atom stereocenters. The lowest BCUT2D eigenvalue weighted by molar-refractivity contribution is -0.127. The lowest BCUT2D eigenvalue weighted by Crippen LogP contribution is -2.36. The van der Waals surface area contributed by atoms with Gasteiger partial charge in [0.1, 0.15) is 5.75 Å². The number of amides is 1. The monoisotopic (exact) mass is 308 g/mol. The standard InChI is InChI=1S/C16H21ClN2O2/c17-13-4-3-6-14(12(13)10-19-11-7-8-11)21-15-5-1-2-9-18-16(15)20/h3-4,6,11,15,19H,1-2,5,7-10H2,(H,18,20). The van der Waals surface area contributed by atoms with E-state index in [1.54, 1.807) is 0 Å². The van der Waals surface area contributed by atoms with Gasteiger partial charge in [0.2, 0.25) is 0 Å². The summed E-state index contributed by atoms with van der Waals surface area (Å²) in [5, 5.41) is 7.04. The molecule has 1 atom stereocenters. The Morgan fingerprint density at radius 1 is 1.29 bits per heavy atom. The Bertz CT molecular complexity index is 517. The Morgan fingerprint density at radius 2 is 2.14 bits per heavy atom. The summed E-state index contributed by atoms with van der Waals surface area (Å²) in [4.78, 5) is 12.0. The van der Waals surface area contributed by atoms with Crippen LogP contribution < -0.4 is 15.4 Å². The molecule has 1 amide bonds. The second kappa shape index (κ2) is 6.67. The molecule has 1 saturated carbocycles. The highest BCUT2D eigenvalue weighted by atomic mass is 35.5. The lowest BCUT2D eigenvalue weighted by Gasteiger charge is -2.19. The van der Waals surface area contributed by atoms with Gasteiger partial charge in [-0.1, -0.05) is 17.7 Å². The second-order valence-electron chi connectivity index (χ2n) is 5.77. The van der Waals surface area contributed by atoms with E-state index < -0.39 is 6.10 Å². The Kier molecular flexibility index (Phi) is 4.66. The van der Waals surface area contributed by atoms with Crippen LogP contribution in [-0.4, -0.2) is 24.6 Å². The quantitative estimate of drug-likeness (QED) is 0.879. The normalized spacial score (nSPS) is 22.5. The summed E-state index contributed by atoms with van der Waals surface area (Å²) < 4.78 is 5.98. The molecular weight excluding hydrogens is 288 g/mol. The second-order valence-corrected chi connectivity index (χ2v) is 6.17. The Balaban J connectivity index is 1.73. The van der Waals surface area contributed by atoms with Crippen molar-refractivity contribution in [2.45, 2.75) is 50.8 Å². The minimum absolute atomic E-state index is 0.0198. The first-order valence-electron chi connectivity index (χ1n) is 7.69. The van der Waals surface area contributed by atoms with Crippen LogP contribution in [0.5, 0.6) is 5.75 Å². The summed E-state index contributed by atoms with van der Waals surface area (Å²) in [6.45, 7) is 1.43. The predicted octanol–water partition coefficient (Wildman–Crippen LogP) is 2.64. The third-order valence-corrected chi connectivity index (χ3v) is 4.33. The van der Waals surface area contributed by atoms with Crippen molar-refractivity contribution in [1.82, 2.24) is 10.6 Å². The Hall–Kier alpha value is -1.26. The number of benzene rings is 1. The molecule has 5 heteroatoms. The van der Waals surface area contributed by atoms with E-state index in [-0.39, 0.29) is 5.91 Å². The Labute approximate surface area is 130 Å². The van der Waals surface area contributed by atoms with Crippen LogP contribution in [0.4, 0.5) is 0 Å². The highest BCUT2D eigenvalue weighted by Gasteiger charge is 2.25. The fourth-order valence-electron chi connectivity index (χ4n) is 2.53. The van der Waals surface area contributed by atoms with E-state index in [0.717, 1.165) is 37.1 Å². The van der Waals surface area contributed by atoms with E-state index in [1.807, 2.05) is 18.2 Å². The first kappa shape index (κ1) is 14.7. The van der Waals surface area contributed by atoms with Gasteiger partial charge in [0.25, 0.3) is 5.91 Å². The predicted molar refractivity (Wildman–Crippen MR) is 82.6 cm³/mol. The number of nitrogens with one attached hydrogen (secondary N) is 2. The molecule has 1 saturated heterocycles. The zero-order valence-corrected chi connectivity index (χ0v) is 12.8. The molecule has 0 radical (unpaired) electrons. The molecule has 2 N–H and O–H groups in total. The van der Waals surface area contributed by atoms with E-state index in [9.17, 15) is 4.79 Å². The van der Waals surface area contributed by atoms with Crippen LogP contribution in [0.3, 0.4) is 0 Å². The zero-order valence-electron chi connectivity index (χ0n) is 12.0. The summed E-state index contributed by atoms with van der Waals surface area (Å²) in [7, 11) is 0. The first-order valence-corrected chi connectivity index (χ1v) is 8.07. The van der Waals surface area contributed by atoms with Crippen molar-refractivity contribution in [3.63, 3.8) is 0 Å². The fourth-order valence-corrected chi connectivity index (χ4v) is 2.76. The third kappa shape index (κ3) is 3.89. The van der Waals surface area contributed by atoms with Gasteiger partial charge in [-0.05, 0) is 44.2 Å². The highest BCUT2D eigenvalue weighted by molar-refractivity contribution is 6.31. The van der Waals surface area contributed by atoms with Gasteiger partial charge in [-0.15, -0.1) is 0 Å². The van der Waals surface area contributed by atoms with Gasteiger partial charge in [-0.25, -0.2) is 0 Å². The van der Waals surface area contributed by atoms with Crippen molar-refractivity contribution < 1.29 is 9.53 Å². The van der Waals surface area contributed by atoms with E-state index in [1.165, 1.54) is 12.8 Å². The van der Waals surface area contributed by atoms with Crippen molar-refractivity contribution in [2.24, 2.45) is 0 Å². The fraction of sp³-hybridized carbons (Fsp3) is 0.562. The molecule has 2 fully saturated rings. The van der Waals surface area contributed by atoms with Gasteiger partial charge in [0.05, 0.1) is 0 Å². The molecule has 4 nitrogen and oxygen atoms in total. The number of carbonyl (C=O) groups is 1. The van der Waals surface area contributed by atoms with Gasteiger partial charge in [0.15, 0.2) is 6.10 Å². The molecule has 1 aromatic carbocycles. The summed E-state index contributed by atoms with van der Waals surface area (Å²) in [5.74, 6) is 0.700. The van der Waals surface area contributed by atoms with Crippen LogP contribution in [0.2, 0.25) is 5.02 Å². The average Bonchev–Trinajstić information content (AvgIpc) is 3.29. The summed E-state index contributed by atoms with van der Waals surface area (Å²) in [6, 6.07) is 6.24. The van der Waals surface area contributed by atoms with Gasteiger partial charge in [-0.3, -0.25) is 4.79 Å². The van der Waals surface area contributed by atoms with Crippen molar-refractivity contribution >= 4 is 17.5 Å². The van der Waals surface area contributed by atoms with E-state index in [0.29, 0.717) is 17.6 Å². The molecule has 1 heterocycles. The SMILES string of the molecule is O=C1NCCCCC1Oc1cccc(Cl)c1CNC1CC1. The van der Waals surface area contributed by atoms with Crippen LogP contribution in [0, 0.1) is 0 Å². The minimum atomic E-state index is -0.411. The summed E-state index contributed by atoms with van der Waals surface area (Å²) in [5.41, 5.74) is 0.947. The Morgan fingerprint density at radius 3 is 2.95 bits per heavy atom. The van der Waals surface area contributed by atoms with Crippen molar-refractivity contribution in [3.05, 3.63) is 28.8 Å². The minimum Gasteiger partial charge on any atom is -0.480 e. The average molecular weight is 309 g/mol. The van der Waals surface area contributed by atoms with Crippen molar-refractivity contribution in [3.8, 4) is 5.75 Å². The molecular formula is C16H21ClN2O2. The smallest absolute Gasteiger partial charge is 0.261 e. The lowest BCUT2D eigenvalue weighted by atomic mass is 10.1. The van der Waals surface area contributed by atoms with Gasteiger partial charge >= 0.3 is 0 Å². The van der Waals surface area contributed by atoms with Crippen LogP contribution >= 0.6 is 11.6 Å². The maximum absolute atomic E-state index is 12.0. The molecule has 0 spiro atoms. The van der Waals surface area contributed by atoms with Gasteiger partial charge in [0, 0.05) is 29.7 Å². The summed E-state index contributed by atoms with van der Waals surface area (Å²) in [6.07, 6.45) is 4.81. The maximum Gasteiger partial charge on any atom is 0.261 e. The molecule has 1 aromatic rings. The summed E-state index contributed by atoms with van der Waals surface area (Å²) >= 11 is 6.30. The van der Waals surface area contributed by atoms with Crippen molar-refractivity contribution in [1.29, 1.82) is 0 Å². The van der Waals surface area contributed by atoms with Crippen LogP contribution in [0.25, 0.3) is 0 Å². The molecule has 114 valence electrons. The van der Waals surface area contributed by atoms with Crippen LogP contribution in [-0.2, 0) is 11.3 Å². The van der Waals surface area contributed by atoms with Crippen LogP contribution in [0.1, 0.15) is 37.7 Å². The molecule has 2 aliphatic rings. The van der Waals surface area contributed by atoms with Gasteiger partial charge < -0.3 is 15.4 Å². The number of halogens is 1. The molecule has 0 bridgehead atoms. The molecule has 21 heavy (non-hydrogen) atoms. The number of hydrogen-bond donors (Lipinski definition) is 2. The number of carbonyl (C=O) groups excluding carboxylic acids is 1. The molecule has 3 rings (SSSR count). The number of ether oxygens (including phenoxy) is 1.